The van der Waals surface area contributed by atoms with E-state index in [9.17, 15) is 18.1 Å². The van der Waals surface area contributed by atoms with Crippen LogP contribution in [0.5, 0.6) is 5.75 Å². The number of phenolic OH excluding ortho intramolecular Hbond substituents is 1. The summed E-state index contributed by atoms with van der Waals surface area (Å²) < 4.78 is 32.4. The average Bonchev–Trinajstić information content (AvgIpc) is 2.83. The van der Waals surface area contributed by atoms with E-state index in [1.54, 1.807) is 30.3 Å². The van der Waals surface area contributed by atoms with Gasteiger partial charge in [0.05, 0.1) is 28.4 Å². The lowest BCUT2D eigenvalue weighted by Crippen LogP contribution is -2.04. The summed E-state index contributed by atoms with van der Waals surface area (Å²) in [6.07, 6.45) is 0. The fourth-order valence-corrected chi connectivity index (χ4v) is 4.16. The van der Waals surface area contributed by atoms with Crippen molar-refractivity contribution in [3.63, 3.8) is 0 Å². The zero-order valence-corrected chi connectivity index (χ0v) is 20.8. The van der Waals surface area contributed by atoms with E-state index in [1.807, 2.05) is 44.2 Å². The number of nitrogen functional groups attached to an aromatic ring is 2. The molecule has 188 valence electrons. The summed E-state index contributed by atoms with van der Waals surface area (Å²) in [5.74, 6) is 0.169. The molecular formula is C26H24N6O4S. The standard InChI is InChI=1S/C26H24N6O4S/c1-15-11-17(3-9-23(15)30-29-19-5-7-20(33)8-6-19)18-4-10-24(16(2)12-18)31-32-25-14-26(37(34,35)36)22(28)13-21(25)27/h3-14,33H,27-28H2,1-2H3,(H,34,35,36). The number of nitrogens with two attached hydrogens (primary N) is 2. The van der Waals surface area contributed by atoms with Gasteiger partial charge in [-0.05, 0) is 96.8 Å². The SMILES string of the molecule is Cc1cc(-c2ccc(N=Nc3cc(S(=O)(=O)O)c(N)cc3N)c(C)c2)ccc1N=Nc1ccc(O)cc1. The fourth-order valence-electron chi connectivity index (χ4n) is 3.55. The van der Waals surface area contributed by atoms with Gasteiger partial charge in [0.2, 0.25) is 0 Å². The number of aryl methyl sites for hydroxylation is 2. The Bertz CT molecular complexity index is 1650. The van der Waals surface area contributed by atoms with Crippen LogP contribution in [0.1, 0.15) is 11.1 Å². The zero-order valence-electron chi connectivity index (χ0n) is 20.0. The lowest BCUT2D eigenvalue weighted by Gasteiger charge is -2.08. The molecule has 4 aromatic carbocycles. The normalized spacial score (nSPS) is 12.0. The first-order valence-electron chi connectivity index (χ1n) is 11.0. The van der Waals surface area contributed by atoms with Crippen molar-refractivity contribution in [2.24, 2.45) is 20.5 Å². The topological polar surface area (TPSA) is 176 Å². The maximum absolute atomic E-state index is 11.5. The third-order valence-electron chi connectivity index (χ3n) is 5.55. The number of azo groups is 2. The van der Waals surface area contributed by atoms with Gasteiger partial charge in [0.25, 0.3) is 10.1 Å². The molecule has 0 saturated heterocycles. The molecule has 0 aliphatic heterocycles. The highest BCUT2D eigenvalue weighted by atomic mass is 32.2. The van der Waals surface area contributed by atoms with Gasteiger partial charge in [0.1, 0.15) is 16.3 Å². The summed E-state index contributed by atoms with van der Waals surface area (Å²) >= 11 is 0. The van der Waals surface area contributed by atoms with Gasteiger partial charge < -0.3 is 16.6 Å². The summed E-state index contributed by atoms with van der Waals surface area (Å²) in [5, 5.41) is 26.2. The summed E-state index contributed by atoms with van der Waals surface area (Å²) in [5.41, 5.74) is 17.2. The molecule has 0 heterocycles. The Labute approximate surface area is 213 Å². The highest BCUT2D eigenvalue weighted by Crippen LogP contribution is 2.34. The monoisotopic (exact) mass is 516 g/mol. The van der Waals surface area contributed by atoms with Gasteiger partial charge in [0.15, 0.2) is 0 Å². The average molecular weight is 517 g/mol. The molecule has 0 fully saturated rings. The predicted octanol–water partition coefficient (Wildman–Crippen LogP) is 6.92. The number of anilines is 2. The van der Waals surface area contributed by atoms with E-state index in [1.165, 1.54) is 6.07 Å². The van der Waals surface area contributed by atoms with Gasteiger partial charge in [-0.15, -0.1) is 5.11 Å². The van der Waals surface area contributed by atoms with E-state index in [4.69, 9.17) is 11.5 Å². The number of benzene rings is 4. The van der Waals surface area contributed by atoms with Crippen LogP contribution in [0.3, 0.4) is 0 Å². The van der Waals surface area contributed by atoms with E-state index in [-0.39, 0.29) is 22.8 Å². The van der Waals surface area contributed by atoms with Crippen LogP contribution in [0.2, 0.25) is 0 Å². The zero-order chi connectivity index (χ0) is 26.7. The Kier molecular flexibility index (Phi) is 7.00. The second-order valence-electron chi connectivity index (χ2n) is 8.34. The molecule has 6 N–H and O–H groups in total. The Morgan fingerprint density at radius 2 is 1.16 bits per heavy atom. The Morgan fingerprint density at radius 1 is 0.649 bits per heavy atom. The minimum absolute atomic E-state index is 0.0676. The summed E-state index contributed by atoms with van der Waals surface area (Å²) in [6, 6.07) is 20.2. The van der Waals surface area contributed by atoms with Crippen LogP contribution < -0.4 is 11.5 Å². The molecule has 37 heavy (non-hydrogen) atoms. The van der Waals surface area contributed by atoms with E-state index < -0.39 is 15.0 Å². The van der Waals surface area contributed by atoms with E-state index in [0.29, 0.717) is 11.4 Å². The van der Waals surface area contributed by atoms with Crippen LogP contribution in [0.25, 0.3) is 11.1 Å². The van der Waals surface area contributed by atoms with Crippen molar-refractivity contribution in [1.29, 1.82) is 0 Å². The molecule has 0 amide bonds. The highest BCUT2D eigenvalue weighted by molar-refractivity contribution is 7.86. The molecule has 0 unspecified atom stereocenters. The van der Waals surface area contributed by atoms with Crippen LogP contribution in [-0.4, -0.2) is 18.1 Å². The first-order chi connectivity index (χ1) is 17.5. The van der Waals surface area contributed by atoms with Crippen molar-refractivity contribution in [1.82, 2.24) is 0 Å². The first-order valence-corrected chi connectivity index (χ1v) is 12.5. The number of aromatic hydroxyl groups is 1. The van der Waals surface area contributed by atoms with Crippen molar-refractivity contribution >= 4 is 44.2 Å². The van der Waals surface area contributed by atoms with Crippen molar-refractivity contribution in [3.8, 4) is 16.9 Å². The molecule has 0 atom stereocenters. The maximum Gasteiger partial charge on any atom is 0.296 e. The van der Waals surface area contributed by atoms with Crippen molar-refractivity contribution in [2.75, 3.05) is 11.5 Å². The lowest BCUT2D eigenvalue weighted by molar-refractivity contribution is 0.475. The number of phenols is 1. The second-order valence-corrected chi connectivity index (χ2v) is 9.73. The molecule has 10 nitrogen and oxygen atoms in total. The molecule has 0 aliphatic rings. The summed E-state index contributed by atoms with van der Waals surface area (Å²) in [4.78, 5) is -0.482. The molecule has 0 aromatic heterocycles. The van der Waals surface area contributed by atoms with E-state index >= 15 is 0 Å². The largest absolute Gasteiger partial charge is 0.508 e. The van der Waals surface area contributed by atoms with Crippen LogP contribution in [-0.2, 0) is 10.1 Å². The van der Waals surface area contributed by atoms with Gasteiger partial charge in [-0.2, -0.15) is 23.8 Å². The van der Waals surface area contributed by atoms with Crippen molar-refractivity contribution in [2.45, 2.75) is 18.7 Å². The minimum Gasteiger partial charge on any atom is -0.508 e. The third kappa shape index (κ3) is 5.97. The van der Waals surface area contributed by atoms with Crippen LogP contribution in [0.15, 0.2) is 98.1 Å². The molecule has 0 saturated carbocycles. The van der Waals surface area contributed by atoms with E-state index in [0.717, 1.165) is 34.0 Å². The molecule has 0 radical (unpaired) electrons. The first kappa shape index (κ1) is 25.5. The Balaban J connectivity index is 1.56. The lowest BCUT2D eigenvalue weighted by atomic mass is 10.0. The van der Waals surface area contributed by atoms with Crippen LogP contribution in [0, 0.1) is 13.8 Å². The maximum atomic E-state index is 11.5. The molecule has 11 heteroatoms. The molecule has 4 aromatic rings. The predicted molar refractivity (Wildman–Crippen MR) is 143 cm³/mol. The van der Waals surface area contributed by atoms with Gasteiger partial charge in [-0.3, -0.25) is 4.55 Å². The fraction of sp³-hybridized carbons (Fsp3) is 0.0769. The van der Waals surface area contributed by atoms with Gasteiger partial charge >= 0.3 is 0 Å². The minimum atomic E-state index is -4.53. The van der Waals surface area contributed by atoms with Crippen LogP contribution in [0.4, 0.5) is 34.1 Å². The van der Waals surface area contributed by atoms with Gasteiger partial charge in [-0.25, -0.2) is 0 Å². The molecule has 0 spiro atoms. The van der Waals surface area contributed by atoms with E-state index in [2.05, 4.69) is 20.5 Å². The quantitative estimate of drug-likeness (QED) is 0.123. The number of hydrogen-bond acceptors (Lipinski definition) is 9. The number of rotatable bonds is 6. The van der Waals surface area contributed by atoms with Crippen molar-refractivity contribution in [3.05, 3.63) is 83.9 Å². The molecule has 4 rings (SSSR count). The molecular weight excluding hydrogens is 492 g/mol. The third-order valence-corrected chi connectivity index (χ3v) is 6.46. The summed E-state index contributed by atoms with van der Waals surface area (Å²) in [7, 11) is -4.53. The van der Waals surface area contributed by atoms with Crippen LogP contribution >= 0.6 is 0 Å². The molecule has 0 aliphatic carbocycles. The van der Waals surface area contributed by atoms with Gasteiger partial charge in [-0.1, -0.05) is 12.1 Å². The van der Waals surface area contributed by atoms with Crippen molar-refractivity contribution < 1.29 is 18.1 Å². The smallest absolute Gasteiger partial charge is 0.296 e. The van der Waals surface area contributed by atoms with Gasteiger partial charge in [0, 0.05) is 0 Å². The Hall–Kier alpha value is -4.61. The summed E-state index contributed by atoms with van der Waals surface area (Å²) in [6.45, 7) is 3.82. The molecule has 0 bridgehead atoms. The number of hydrogen-bond donors (Lipinski definition) is 4. The highest BCUT2D eigenvalue weighted by Gasteiger charge is 2.16. The Morgan fingerprint density at radius 3 is 1.68 bits per heavy atom. The number of nitrogens with zero attached hydrogens (tertiary/aromatic N) is 4. The second kappa shape index (κ2) is 10.2.